The van der Waals surface area contributed by atoms with E-state index in [1.807, 2.05) is 0 Å². The number of alkyl halides is 4. The maximum absolute atomic E-state index is 12.4. The first-order valence-corrected chi connectivity index (χ1v) is 6.66. The molecule has 0 radical (unpaired) electrons. The first-order valence-electron chi connectivity index (χ1n) is 5.41. The molecule has 1 aromatic heterocycles. The van der Waals surface area contributed by atoms with Crippen LogP contribution >= 0.6 is 22.9 Å². The SMILES string of the molecule is O=CC(Cl)N1CCN(c2nnc(C(F)(F)F)s2)CC1. The highest BCUT2D eigenvalue weighted by Gasteiger charge is 2.36. The number of carbonyl (C=O) groups is 1. The highest BCUT2D eigenvalue weighted by atomic mass is 35.5. The van der Waals surface area contributed by atoms with E-state index >= 15 is 0 Å². The van der Waals surface area contributed by atoms with Crippen LogP contribution in [-0.4, -0.2) is 53.1 Å². The standard InChI is InChI=1S/C9H10ClF3N4OS/c10-6(5-18)16-1-3-17(4-2-16)8-15-14-7(19-8)9(11,12)13/h5-6H,1-4H2. The summed E-state index contributed by atoms with van der Waals surface area (Å²) < 4.78 is 37.2. The molecule has 10 heteroatoms. The van der Waals surface area contributed by atoms with Crippen LogP contribution < -0.4 is 4.90 Å². The van der Waals surface area contributed by atoms with Crippen molar-refractivity contribution in [2.24, 2.45) is 0 Å². The molecular formula is C9H10ClF3N4OS. The van der Waals surface area contributed by atoms with Gasteiger partial charge < -0.3 is 9.69 Å². The minimum absolute atomic E-state index is 0.240. The molecule has 0 aliphatic carbocycles. The summed E-state index contributed by atoms with van der Waals surface area (Å²) in [4.78, 5) is 14.0. The molecule has 2 rings (SSSR count). The first-order chi connectivity index (χ1) is 8.91. The van der Waals surface area contributed by atoms with Crippen LogP contribution in [0.4, 0.5) is 18.3 Å². The number of halogens is 4. The van der Waals surface area contributed by atoms with Crippen molar-refractivity contribution in [3.63, 3.8) is 0 Å². The van der Waals surface area contributed by atoms with Gasteiger partial charge in [-0.1, -0.05) is 22.9 Å². The number of piperazine rings is 1. The number of rotatable bonds is 3. The molecule has 19 heavy (non-hydrogen) atoms. The second-order valence-electron chi connectivity index (χ2n) is 3.92. The van der Waals surface area contributed by atoms with Crippen molar-refractivity contribution in [3.8, 4) is 0 Å². The van der Waals surface area contributed by atoms with Gasteiger partial charge >= 0.3 is 6.18 Å². The third-order valence-electron chi connectivity index (χ3n) is 2.70. The monoisotopic (exact) mass is 314 g/mol. The lowest BCUT2D eigenvalue weighted by molar-refractivity contribution is -0.138. The van der Waals surface area contributed by atoms with Crippen LogP contribution in [-0.2, 0) is 11.0 Å². The Balaban J connectivity index is 1.98. The molecule has 1 fully saturated rings. The number of nitrogens with zero attached hydrogens (tertiary/aromatic N) is 4. The van der Waals surface area contributed by atoms with Crippen molar-refractivity contribution >= 4 is 34.4 Å². The second kappa shape index (κ2) is 5.59. The van der Waals surface area contributed by atoms with Gasteiger partial charge in [0.05, 0.1) is 0 Å². The molecule has 5 nitrogen and oxygen atoms in total. The molecule has 0 saturated carbocycles. The van der Waals surface area contributed by atoms with E-state index in [0.29, 0.717) is 43.8 Å². The predicted octanol–water partition coefficient (Wildman–Crippen LogP) is 1.44. The van der Waals surface area contributed by atoms with Crippen LogP contribution in [0.1, 0.15) is 5.01 Å². The number of aldehydes is 1. The zero-order valence-electron chi connectivity index (χ0n) is 9.60. The Morgan fingerprint density at radius 2 is 1.89 bits per heavy atom. The Labute approximate surface area is 116 Å². The quantitative estimate of drug-likeness (QED) is 0.480. The molecule has 0 N–H and O–H groups in total. The third-order valence-corrected chi connectivity index (χ3v) is 4.11. The van der Waals surface area contributed by atoms with Crippen molar-refractivity contribution in [3.05, 3.63) is 5.01 Å². The maximum Gasteiger partial charge on any atom is 0.445 e. The molecule has 1 aliphatic rings. The van der Waals surface area contributed by atoms with Crippen molar-refractivity contribution < 1.29 is 18.0 Å². The van der Waals surface area contributed by atoms with Crippen LogP contribution in [0.2, 0.25) is 0 Å². The Morgan fingerprint density at radius 1 is 1.26 bits per heavy atom. The molecule has 1 aliphatic heterocycles. The summed E-state index contributed by atoms with van der Waals surface area (Å²) in [7, 11) is 0. The number of hydrogen-bond acceptors (Lipinski definition) is 6. The summed E-state index contributed by atoms with van der Waals surface area (Å²) in [6.07, 6.45) is -3.83. The lowest BCUT2D eigenvalue weighted by atomic mass is 10.3. The fraction of sp³-hybridized carbons (Fsp3) is 0.667. The fourth-order valence-electron chi connectivity index (χ4n) is 1.70. The number of anilines is 1. The van der Waals surface area contributed by atoms with Gasteiger partial charge in [0.15, 0.2) is 6.29 Å². The molecule has 106 valence electrons. The molecule has 0 spiro atoms. The molecule has 0 amide bonds. The van der Waals surface area contributed by atoms with Gasteiger partial charge in [0.25, 0.3) is 0 Å². The van der Waals surface area contributed by atoms with Crippen molar-refractivity contribution in [2.45, 2.75) is 11.7 Å². The second-order valence-corrected chi connectivity index (χ2v) is 5.32. The minimum Gasteiger partial charge on any atom is -0.344 e. The Kier molecular flexibility index (Phi) is 4.26. The van der Waals surface area contributed by atoms with E-state index < -0.39 is 16.7 Å². The zero-order valence-corrected chi connectivity index (χ0v) is 11.2. The van der Waals surface area contributed by atoms with Gasteiger partial charge in [0, 0.05) is 26.2 Å². The Hall–Kier alpha value is -0.930. The highest BCUT2D eigenvalue weighted by Crippen LogP contribution is 2.34. The van der Waals surface area contributed by atoms with Crippen LogP contribution in [0.25, 0.3) is 0 Å². The largest absolute Gasteiger partial charge is 0.445 e. The van der Waals surface area contributed by atoms with Gasteiger partial charge in [0.1, 0.15) is 5.50 Å². The van der Waals surface area contributed by atoms with Crippen LogP contribution in [0.5, 0.6) is 0 Å². The van der Waals surface area contributed by atoms with E-state index in [1.165, 1.54) is 0 Å². The lowest BCUT2D eigenvalue weighted by Gasteiger charge is -2.35. The molecule has 2 heterocycles. The lowest BCUT2D eigenvalue weighted by Crippen LogP contribution is -2.49. The summed E-state index contributed by atoms with van der Waals surface area (Å²) in [6, 6.07) is 0. The minimum atomic E-state index is -4.46. The van der Waals surface area contributed by atoms with E-state index in [1.54, 1.807) is 9.80 Å². The number of carbonyl (C=O) groups excluding carboxylic acids is 1. The van der Waals surface area contributed by atoms with Crippen molar-refractivity contribution in [2.75, 3.05) is 31.1 Å². The van der Waals surface area contributed by atoms with E-state index in [2.05, 4.69) is 10.2 Å². The van der Waals surface area contributed by atoms with Crippen LogP contribution in [0.3, 0.4) is 0 Å². The average Bonchev–Trinajstić information content (AvgIpc) is 2.87. The van der Waals surface area contributed by atoms with E-state index in [0.717, 1.165) is 0 Å². The van der Waals surface area contributed by atoms with Gasteiger partial charge in [-0.25, -0.2) is 0 Å². The van der Waals surface area contributed by atoms with Crippen molar-refractivity contribution in [1.82, 2.24) is 15.1 Å². The molecule has 1 saturated heterocycles. The van der Waals surface area contributed by atoms with Gasteiger partial charge in [-0.05, 0) is 0 Å². The fourth-order valence-corrected chi connectivity index (χ4v) is 2.66. The average molecular weight is 315 g/mol. The molecule has 1 atom stereocenters. The molecular weight excluding hydrogens is 305 g/mol. The first kappa shape index (κ1) is 14.5. The smallest absolute Gasteiger partial charge is 0.344 e. The predicted molar refractivity (Wildman–Crippen MR) is 64.4 cm³/mol. The number of hydrogen-bond donors (Lipinski definition) is 0. The van der Waals surface area contributed by atoms with Crippen LogP contribution in [0, 0.1) is 0 Å². The van der Waals surface area contributed by atoms with Gasteiger partial charge in [-0.2, -0.15) is 13.2 Å². The summed E-state index contributed by atoms with van der Waals surface area (Å²) >= 11 is 6.29. The Bertz CT molecular complexity index is 447. The van der Waals surface area contributed by atoms with Crippen molar-refractivity contribution in [1.29, 1.82) is 0 Å². The molecule has 1 unspecified atom stereocenters. The highest BCUT2D eigenvalue weighted by molar-refractivity contribution is 7.15. The third kappa shape index (κ3) is 3.34. The summed E-state index contributed by atoms with van der Waals surface area (Å²) in [5.41, 5.74) is -0.692. The molecule has 0 bridgehead atoms. The summed E-state index contributed by atoms with van der Waals surface area (Å²) in [5.74, 6) is 0. The summed E-state index contributed by atoms with van der Waals surface area (Å²) in [6.45, 7) is 1.91. The van der Waals surface area contributed by atoms with Gasteiger partial charge in [-0.15, -0.1) is 10.2 Å². The summed E-state index contributed by atoms with van der Waals surface area (Å²) in [5, 5.41) is 5.98. The Morgan fingerprint density at radius 3 is 2.37 bits per heavy atom. The molecule has 0 aromatic carbocycles. The van der Waals surface area contributed by atoms with E-state index in [-0.39, 0.29) is 5.13 Å². The number of aromatic nitrogens is 2. The molecule has 1 aromatic rings. The normalized spacial score (nSPS) is 19.5. The maximum atomic E-state index is 12.4. The topological polar surface area (TPSA) is 49.3 Å². The zero-order chi connectivity index (χ0) is 14.0. The van der Waals surface area contributed by atoms with E-state index in [9.17, 15) is 18.0 Å². The van der Waals surface area contributed by atoms with Crippen LogP contribution in [0.15, 0.2) is 0 Å². The van der Waals surface area contributed by atoms with Gasteiger partial charge in [-0.3, -0.25) is 4.90 Å². The van der Waals surface area contributed by atoms with Gasteiger partial charge in [0.2, 0.25) is 10.1 Å². The van der Waals surface area contributed by atoms with E-state index in [4.69, 9.17) is 11.6 Å².